The minimum atomic E-state index is -0.516. The molecule has 2 saturated heterocycles. The third-order valence-corrected chi connectivity index (χ3v) is 7.67. The number of hydrogen-bond acceptors (Lipinski definition) is 12. The monoisotopic (exact) mass is 798 g/mol. The molecule has 2 amide bonds. The molecule has 4 aromatic rings. The largest absolute Gasteiger partial charge is 0.491 e. The van der Waals surface area contributed by atoms with Crippen LogP contribution in [0.25, 0.3) is 22.1 Å². The quantitative estimate of drug-likeness (QED) is 0.113. The molecule has 0 atom stereocenters. The molecule has 0 aliphatic carbocycles. The topological polar surface area (TPSA) is 239 Å². The van der Waals surface area contributed by atoms with Crippen LogP contribution in [0, 0.1) is 0 Å². The first-order chi connectivity index (χ1) is 22.3. The van der Waals surface area contributed by atoms with E-state index in [0.29, 0.717) is 57.9 Å². The van der Waals surface area contributed by atoms with E-state index in [1.165, 1.54) is 0 Å². The number of nitrogen functional groups attached to an aromatic ring is 2. The van der Waals surface area contributed by atoms with Gasteiger partial charge in [0, 0.05) is 50.4 Å². The smallest absolute Gasteiger partial charge is 0.248 e. The van der Waals surface area contributed by atoms with Gasteiger partial charge in [0.05, 0.1) is 50.7 Å². The lowest BCUT2D eigenvalue weighted by atomic mass is 10.1. The Bertz CT molecular complexity index is 1520. The van der Waals surface area contributed by atoms with Crippen molar-refractivity contribution < 1.29 is 28.5 Å². The molecule has 0 spiro atoms. The number of primary amides is 2. The Morgan fingerprint density at radius 2 is 1.06 bits per heavy atom. The predicted octanol–water partition coefficient (Wildman–Crippen LogP) is 1.85. The molecule has 0 unspecified atom stereocenters. The molecule has 0 bridgehead atoms. The number of nitrogens with two attached hydrogens (primary N) is 4. The van der Waals surface area contributed by atoms with Crippen LogP contribution in [-0.4, -0.2) is 120 Å². The van der Waals surface area contributed by atoms with Crippen LogP contribution in [0.5, 0.6) is 11.5 Å². The zero-order valence-corrected chi connectivity index (χ0v) is 30.0. The van der Waals surface area contributed by atoms with E-state index in [1.54, 1.807) is 24.3 Å². The second-order valence-electron chi connectivity index (χ2n) is 11.0. The Morgan fingerprint density at radius 1 is 0.688 bits per heavy atom. The van der Waals surface area contributed by atoms with E-state index in [4.69, 9.17) is 41.9 Å². The van der Waals surface area contributed by atoms with Crippen LogP contribution in [0.15, 0.2) is 24.3 Å². The number of benzene rings is 2. The van der Waals surface area contributed by atoms with Crippen molar-refractivity contribution in [1.82, 2.24) is 29.7 Å². The van der Waals surface area contributed by atoms with Crippen molar-refractivity contribution in [2.24, 2.45) is 11.5 Å². The van der Waals surface area contributed by atoms with Crippen molar-refractivity contribution in [3.05, 3.63) is 35.4 Å². The van der Waals surface area contributed by atoms with Crippen LogP contribution in [0.2, 0.25) is 0 Å². The number of morpholine rings is 2. The number of anilines is 2. The number of aromatic amines is 2. The van der Waals surface area contributed by atoms with Crippen LogP contribution < -0.4 is 32.4 Å². The van der Waals surface area contributed by atoms with Gasteiger partial charge in [-0.15, -0.1) is 34.0 Å². The summed E-state index contributed by atoms with van der Waals surface area (Å²) in [5.74, 6) is 0.563. The third-order valence-electron chi connectivity index (χ3n) is 7.67. The zero-order valence-electron chi connectivity index (χ0n) is 26.6. The zero-order chi connectivity index (χ0) is 32.5. The fourth-order valence-corrected chi connectivity index (χ4v) is 5.30. The Kier molecular flexibility index (Phi) is 15.1. The molecule has 4 heterocycles. The van der Waals surface area contributed by atoms with Gasteiger partial charge in [-0.3, -0.25) is 19.4 Å². The van der Waals surface area contributed by atoms with Gasteiger partial charge in [-0.1, -0.05) is 0 Å². The first-order valence-electron chi connectivity index (χ1n) is 15.3. The van der Waals surface area contributed by atoms with Crippen molar-refractivity contribution in [3.8, 4) is 11.5 Å². The van der Waals surface area contributed by atoms with Gasteiger partial charge < -0.3 is 51.9 Å². The molecule has 16 nitrogen and oxygen atoms in total. The SMILES string of the molecule is Br.Br.NC(=O)c1cc(OCCCN2CCOCC2)c2nc(N)[nH]c2c1.NC(=O)c1cc(OCCCN2CCOCC2)c2nc(N)[nH]c2c1. The average molecular weight is 801 g/mol. The maximum Gasteiger partial charge on any atom is 0.248 e. The average Bonchev–Trinajstić information content (AvgIpc) is 3.63. The molecule has 2 aromatic heterocycles. The minimum Gasteiger partial charge on any atom is -0.491 e. The molecule has 2 aliphatic heterocycles. The maximum absolute atomic E-state index is 11.4. The van der Waals surface area contributed by atoms with Gasteiger partial charge in [-0.2, -0.15) is 0 Å². The van der Waals surface area contributed by atoms with Crippen molar-refractivity contribution in [1.29, 1.82) is 0 Å². The minimum absolute atomic E-state index is 0. The number of H-pyrrole nitrogens is 2. The first-order valence-corrected chi connectivity index (χ1v) is 15.3. The molecular weight excluding hydrogens is 756 g/mol. The normalized spacial score (nSPS) is 15.2. The highest BCUT2D eigenvalue weighted by Crippen LogP contribution is 2.28. The number of nitrogens with one attached hydrogen (secondary N) is 2. The number of nitrogens with zero attached hydrogens (tertiary/aromatic N) is 4. The second-order valence-corrected chi connectivity index (χ2v) is 11.0. The molecule has 0 saturated carbocycles. The number of aromatic nitrogens is 4. The Labute approximate surface area is 298 Å². The molecule has 2 aromatic carbocycles. The number of carbonyl (C=O) groups is 2. The van der Waals surface area contributed by atoms with Gasteiger partial charge in [-0.05, 0) is 37.1 Å². The summed E-state index contributed by atoms with van der Waals surface area (Å²) in [6.45, 7) is 9.92. The number of carbonyl (C=O) groups excluding carboxylic acids is 2. The van der Waals surface area contributed by atoms with Crippen LogP contribution >= 0.6 is 34.0 Å². The molecule has 2 fully saturated rings. The fraction of sp³-hybridized carbons (Fsp3) is 0.467. The van der Waals surface area contributed by atoms with E-state index in [1.807, 2.05) is 0 Å². The lowest BCUT2D eigenvalue weighted by Gasteiger charge is -2.26. The molecule has 6 rings (SSSR count). The van der Waals surface area contributed by atoms with Crippen molar-refractivity contribution >= 4 is 79.7 Å². The van der Waals surface area contributed by atoms with E-state index >= 15 is 0 Å². The third kappa shape index (κ3) is 10.7. The highest BCUT2D eigenvalue weighted by Gasteiger charge is 2.15. The van der Waals surface area contributed by atoms with Crippen molar-refractivity contribution in [2.75, 3.05) is 90.4 Å². The number of ether oxygens (including phenoxy) is 4. The Hall–Kier alpha value is -3.68. The van der Waals surface area contributed by atoms with Gasteiger partial charge in [0.2, 0.25) is 11.8 Å². The Morgan fingerprint density at radius 3 is 1.42 bits per heavy atom. The van der Waals surface area contributed by atoms with E-state index in [2.05, 4.69) is 29.7 Å². The number of hydrogen-bond donors (Lipinski definition) is 6. The van der Waals surface area contributed by atoms with Crippen molar-refractivity contribution in [2.45, 2.75) is 12.8 Å². The van der Waals surface area contributed by atoms with Gasteiger partial charge in [0.25, 0.3) is 0 Å². The summed E-state index contributed by atoms with van der Waals surface area (Å²) in [5, 5.41) is 0. The first kappa shape index (κ1) is 38.8. The molecule has 10 N–H and O–H groups in total. The summed E-state index contributed by atoms with van der Waals surface area (Å²) in [6.07, 6.45) is 1.75. The summed E-state index contributed by atoms with van der Waals surface area (Å²) in [6, 6.07) is 6.47. The molecule has 48 heavy (non-hydrogen) atoms. The second kappa shape index (κ2) is 18.8. The number of amides is 2. The number of halogens is 2. The van der Waals surface area contributed by atoms with Crippen LogP contribution in [-0.2, 0) is 9.47 Å². The Balaban J connectivity index is 0.000000250. The van der Waals surface area contributed by atoms with Gasteiger partial charge in [0.1, 0.15) is 22.5 Å². The summed E-state index contributed by atoms with van der Waals surface area (Å²) in [5.41, 5.74) is 25.3. The molecule has 2 aliphatic rings. The highest BCUT2D eigenvalue weighted by atomic mass is 79.9. The fourth-order valence-electron chi connectivity index (χ4n) is 5.30. The molecule has 18 heteroatoms. The van der Waals surface area contributed by atoms with E-state index < -0.39 is 11.8 Å². The lowest BCUT2D eigenvalue weighted by molar-refractivity contribution is 0.0358. The van der Waals surface area contributed by atoms with E-state index in [-0.39, 0.29) is 45.9 Å². The summed E-state index contributed by atoms with van der Waals surface area (Å²) in [7, 11) is 0. The summed E-state index contributed by atoms with van der Waals surface area (Å²) < 4.78 is 22.3. The standard InChI is InChI=1S/2C15H21N5O3.2BrH/c2*16-14(21)10-8-11-13(19-15(17)18-11)12(9-10)23-5-1-2-20-3-6-22-7-4-20;;/h2*8-9H,1-7H2,(H2,16,21)(H3,17,18,19);2*1H. The number of fused-ring (bicyclic) bond motifs is 2. The van der Waals surface area contributed by atoms with Gasteiger partial charge in [0.15, 0.2) is 11.9 Å². The number of imidazole rings is 2. The maximum atomic E-state index is 11.4. The van der Waals surface area contributed by atoms with Crippen LogP contribution in [0.4, 0.5) is 11.9 Å². The highest BCUT2D eigenvalue weighted by molar-refractivity contribution is 8.93. The molecular formula is C30H44Br2N10O6. The van der Waals surface area contributed by atoms with Crippen molar-refractivity contribution in [3.63, 3.8) is 0 Å². The van der Waals surface area contributed by atoms with Gasteiger partial charge in [-0.25, -0.2) is 9.97 Å². The lowest BCUT2D eigenvalue weighted by Crippen LogP contribution is -2.37. The van der Waals surface area contributed by atoms with Crippen LogP contribution in [0.3, 0.4) is 0 Å². The molecule has 264 valence electrons. The summed E-state index contributed by atoms with van der Waals surface area (Å²) in [4.78, 5) is 41.7. The summed E-state index contributed by atoms with van der Waals surface area (Å²) >= 11 is 0. The molecule has 0 radical (unpaired) electrons. The van der Waals surface area contributed by atoms with E-state index in [0.717, 1.165) is 78.5 Å². The number of rotatable bonds is 12. The predicted molar refractivity (Wildman–Crippen MR) is 193 cm³/mol. The van der Waals surface area contributed by atoms with Gasteiger partial charge >= 0.3 is 0 Å². The van der Waals surface area contributed by atoms with E-state index in [9.17, 15) is 9.59 Å². The van der Waals surface area contributed by atoms with Crippen LogP contribution in [0.1, 0.15) is 33.6 Å².